The van der Waals surface area contributed by atoms with Gasteiger partial charge in [-0.3, -0.25) is 5.41 Å². The summed E-state index contributed by atoms with van der Waals surface area (Å²) in [5, 5.41) is 30.3. The number of nitriles is 2. The zero-order valence-electron chi connectivity index (χ0n) is 18.9. The fourth-order valence-corrected chi connectivity index (χ4v) is 6.51. The van der Waals surface area contributed by atoms with Crippen molar-refractivity contribution in [1.29, 1.82) is 15.9 Å². The molecule has 33 heavy (non-hydrogen) atoms. The number of nitrogens with zero attached hydrogens (tertiary/aromatic N) is 4. The molecule has 2 atom stereocenters. The van der Waals surface area contributed by atoms with Gasteiger partial charge in [-0.1, -0.05) is 23.7 Å². The van der Waals surface area contributed by atoms with Crippen molar-refractivity contribution in [1.82, 2.24) is 9.80 Å². The molecule has 1 aromatic rings. The Bertz CT molecular complexity index is 1150. The number of halogens is 1. The van der Waals surface area contributed by atoms with Gasteiger partial charge in [0.25, 0.3) is 0 Å². The van der Waals surface area contributed by atoms with E-state index in [1.54, 1.807) is 0 Å². The molecule has 1 spiro atoms. The number of fused-ring (bicyclic) bond motifs is 1. The highest BCUT2D eigenvalue weighted by Gasteiger charge is 2.64. The van der Waals surface area contributed by atoms with Gasteiger partial charge in [0, 0.05) is 29.4 Å². The number of nitrogens with two attached hydrogens (primary N) is 1. The third-order valence-corrected chi connectivity index (χ3v) is 8.33. The topological polar surface area (TPSA) is 113 Å². The van der Waals surface area contributed by atoms with Crippen LogP contribution in [0, 0.1) is 44.8 Å². The quantitative estimate of drug-likeness (QED) is 0.662. The fourth-order valence-electron chi connectivity index (χ4n) is 6.38. The number of allylic oxidation sites excluding steroid dienone is 1. The van der Waals surface area contributed by atoms with E-state index in [1.165, 1.54) is 0 Å². The van der Waals surface area contributed by atoms with Crippen molar-refractivity contribution in [3.8, 4) is 12.1 Å². The van der Waals surface area contributed by atoms with Gasteiger partial charge in [0.2, 0.25) is 5.90 Å². The molecule has 5 rings (SSSR count). The van der Waals surface area contributed by atoms with Gasteiger partial charge in [-0.25, -0.2) is 0 Å². The van der Waals surface area contributed by atoms with Gasteiger partial charge in [-0.2, -0.15) is 10.5 Å². The molecular weight excluding hydrogens is 436 g/mol. The van der Waals surface area contributed by atoms with Crippen molar-refractivity contribution in [2.24, 2.45) is 22.5 Å². The van der Waals surface area contributed by atoms with Gasteiger partial charge in [0.1, 0.15) is 6.10 Å². The lowest BCUT2D eigenvalue weighted by Gasteiger charge is -2.57. The fraction of sp³-hybridized carbons (Fsp3) is 0.480. The van der Waals surface area contributed by atoms with Crippen LogP contribution in [0.2, 0.25) is 5.02 Å². The highest BCUT2D eigenvalue weighted by Crippen LogP contribution is 2.63. The third kappa shape index (κ3) is 2.90. The Morgan fingerprint density at radius 1 is 1.12 bits per heavy atom. The SMILES string of the molecule is CN1CCC2(CC1)C1=C3C(=C(N)C2(C#N)C#N)C(=N)OC(c2ccc(Cl)cc2)C3CN(C)C1. The average molecular weight is 463 g/mol. The number of piperidine rings is 1. The number of benzene rings is 1. The summed E-state index contributed by atoms with van der Waals surface area (Å²) in [6, 6.07) is 12.2. The minimum Gasteiger partial charge on any atom is -0.469 e. The van der Waals surface area contributed by atoms with E-state index < -0.39 is 10.8 Å². The predicted octanol–water partition coefficient (Wildman–Crippen LogP) is 3.22. The van der Waals surface area contributed by atoms with Crippen LogP contribution < -0.4 is 5.73 Å². The van der Waals surface area contributed by atoms with Crippen molar-refractivity contribution in [3.63, 3.8) is 0 Å². The van der Waals surface area contributed by atoms with E-state index in [0.29, 0.717) is 30.0 Å². The Morgan fingerprint density at radius 3 is 2.36 bits per heavy atom. The molecule has 8 heteroatoms. The van der Waals surface area contributed by atoms with Crippen LogP contribution >= 0.6 is 11.6 Å². The largest absolute Gasteiger partial charge is 0.469 e. The summed E-state index contributed by atoms with van der Waals surface area (Å²) in [5.74, 6) is -0.118. The van der Waals surface area contributed by atoms with E-state index in [0.717, 1.165) is 36.3 Å². The number of nitrogens with one attached hydrogen (secondary N) is 1. The lowest BCUT2D eigenvalue weighted by atomic mass is 9.49. The lowest BCUT2D eigenvalue weighted by Crippen LogP contribution is -2.59. The Morgan fingerprint density at radius 2 is 1.76 bits per heavy atom. The number of rotatable bonds is 1. The summed E-state index contributed by atoms with van der Waals surface area (Å²) >= 11 is 6.12. The van der Waals surface area contributed by atoms with E-state index in [4.69, 9.17) is 27.5 Å². The molecular formula is C25H27ClN6O. The van der Waals surface area contributed by atoms with Crippen LogP contribution in [0.25, 0.3) is 0 Å². The van der Waals surface area contributed by atoms with Crippen LogP contribution in [0.15, 0.2) is 46.7 Å². The van der Waals surface area contributed by atoms with Crippen molar-refractivity contribution in [2.75, 3.05) is 40.3 Å². The van der Waals surface area contributed by atoms with Crippen LogP contribution in [0.5, 0.6) is 0 Å². The molecule has 2 saturated heterocycles. The molecule has 1 aromatic carbocycles. The standard InChI is InChI=1S/C25H27ClN6O/c1-31-9-7-24(8-10-31)18-12-32(2)11-17-19(18)20(22(29)25(24,13-27)14-28)23(30)33-21(17)15-3-5-16(26)6-4-15/h3-6,17,21,30H,7-12,29H2,1-2H3. The highest BCUT2D eigenvalue weighted by molar-refractivity contribution is 6.30. The molecule has 0 aromatic heterocycles. The Balaban J connectivity index is 1.77. The van der Waals surface area contributed by atoms with Crippen LogP contribution in [-0.2, 0) is 4.74 Å². The van der Waals surface area contributed by atoms with E-state index in [9.17, 15) is 10.5 Å². The number of likely N-dealkylation sites (N-methyl/N-ethyl adjacent to an activating group) is 1. The van der Waals surface area contributed by atoms with E-state index >= 15 is 0 Å². The maximum absolute atomic E-state index is 10.4. The molecule has 0 radical (unpaired) electrons. The molecule has 2 fully saturated rings. The molecule has 2 unspecified atom stereocenters. The van der Waals surface area contributed by atoms with Crippen LogP contribution in [0.1, 0.15) is 24.5 Å². The van der Waals surface area contributed by atoms with Crippen molar-refractivity contribution < 1.29 is 4.74 Å². The van der Waals surface area contributed by atoms with Crippen LogP contribution in [0.3, 0.4) is 0 Å². The summed E-state index contributed by atoms with van der Waals surface area (Å²) in [6.45, 7) is 2.96. The first-order valence-corrected chi connectivity index (χ1v) is 11.6. The van der Waals surface area contributed by atoms with Crippen LogP contribution in [0.4, 0.5) is 0 Å². The first kappa shape index (κ1) is 22.0. The minimum absolute atomic E-state index is 0.0570. The number of ether oxygens (including phenoxy) is 1. The first-order valence-electron chi connectivity index (χ1n) is 11.2. The molecule has 3 N–H and O–H groups in total. The molecule has 7 nitrogen and oxygen atoms in total. The highest BCUT2D eigenvalue weighted by atomic mass is 35.5. The Labute approximate surface area is 199 Å². The van der Waals surface area contributed by atoms with Crippen molar-refractivity contribution >= 4 is 17.5 Å². The van der Waals surface area contributed by atoms with Gasteiger partial charge in [-0.05, 0) is 68.9 Å². The predicted molar refractivity (Wildman–Crippen MR) is 125 cm³/mol. The van der Waals surface area contributed by atoms with Gasteiger partial charge >= 0.3 is 0 Å². The minimum atomic E-state index is -1.52. The molecule has 4 aliphatic rings. The summed E-state index contributed by atoms with van der Waals surface area (Å²) in [6.07, 6.45) is 0.995. The van der Waals surface area contributed by atoms with Gasteiger partial charge < -0.3 is 20.3 Å². The lowest BCUT2D eigenvalue weighted by molar-refractivity contribution is 0.0538. The molecule has 0 saturated carbocycles. The zero-order chi connectivity index (χ0) is 23.5. The third-order valence-electron chi connectivity index (χ3n) is 8.08. The average Bonchev–Trinajstić information content (AvgIpc) is 2.80. The van der Waals surface area contributed by atoms with E-state index in [-0.39, 0.29) is 23.6 Å². The maximum Gasteiger partial charge on any atom is 0.216 e. The Hall–Kier alpha value is -2.84. The van der Waals surface area contributed by atoms with Gasteiger partial charge in [0.05, 0.1) is 23.4 Å². The first-order chi connectivity index (χ1) is 15.8. The smallest absolute Gasteiger partial charge is 0.216 e. The molecule has 1 aliphatic carbocycles. The summed E-state index contributed by atoms with van der Waals surface area (Å²) in [4.78, 5) is 4.47. The van der Waals surface area contributed by atoms with Gasteiger partial charge in [-0.15, -0.1) is 0 Å². The van der Waals surface area contributed by atoms with Crippen molar-refractivity contribution in [3.05, 3.63) is 57.3 Å². The zero-order valence-corrected chi connectivity index (χ0v) is 19.6. The van der Waals surface area contributed by atoms with E-state index in [2.05, 4.69) is 36.0 Å². The molecule has 0 amide bonds. The van der Waals surface area contributed by atoms with E-state index in [1.807, 2.05) is 24.3 Å². The van der Waals surface area contributed by atoms with Crippen molar-refractivity contribution in [2.45, 2.75) is 18.9 Å². The number of hydrogen-bond donors (Lipinski definition) is 2. The van der Waals surface area contributed by atoms with Gasteiger partial charge in [0.15, 0.2) is 5.41 Å². The summed E-state index contributed by atoms with van der Waals surface area (Å²) in [5.41, 5.74) is 8.20. The second-order valence-electron chi connectivity index (χ2n) is 9.76. The molecule has 0 bridgehead atoms. The summed E-state index contributed by atoms with van der Waals surface area (Å²) < 4.78 is 6.18. The number of likely N-dealkylation sites (tertiary alicyclic amines) is 1. The normalized spacial score (nSPS) is 28.7. The second kappa shape index (κ2) is 7.60. The second-order valence-corrected chi connectivity index (χ2v) is 10.2. The molecule has 3 aliphatic heterocycles. The monoisotopic (exact) mass is 462 g/mol. The Kier molecular flexibility index (Phi) is 5.06. The van der Waals surface area contributed by atoms with Crippen LogP contribution in [-0.4, -0.2) is 56.0 Å². The molecule has 170 valence electrons. The molecule has 3 heterocycles. The summed E-state index contributed by atoms with van der Waals surface area (Å²) in [7, 11) is 4.13. The number of hydrogen-bond acceptors (Lipinski definition) is 7. The maximum atomic E-state index is 10.4.